The van der Waals surface area contributed by atoms with E-state index < -0.39 is 0 Å². The molecular formula is C6H14OS. The predicted molar refractivity (Wildman–Crippen MR) is 39.3 cm³/mol. The highest BCUT2D eigenvalue weighted by Crippen LogP contribution is 2.11. The van der Waals surface area contributed by atoms with E-state index in [1.807, 2.05) is 6.92 Å². The summed E-state index contributed by atoms with van der Waals surface area (Å²) in [4.78, 5) is 0. The topological polar surface area (TPSA) is 20.2 Å². The molecule has 0 aliphatic heterocycles. The molecule has 0 saturated carbocycles. The molecule has 0 aliphatic rings. The summed E-state index contributed by atoms with van der Waals surface area (Å²) in [6.45, 7) is 4.33. The molecule has 8 heavy (non-hydrogen) atoms. The van der Waals surface area contributed by atoms with Crippen LogP contribution in [0.2, 0.25) is 0 Å². The Hall–Kier alpha value is 0.310. The van der Waals surface area contributed by atoms with E-state index in [-0.39, 0.29) is 6.61 Å². The van der Waals surface area contributed by atoms with Gasteiger partial charge in [0.1, 0.15) is 0 Å². The maximum absolute atomic E-state index is 8.59. The summed E-state index contributed by atoms with van der Waals surface area (Å²) in [6.07, 6.45) is 1.03. The molecule has 0 spiro atoms. The van der Waals surface area contributed by atoms with Crippen molar-refractivity contribution in [3.8, 4) is 0 Å². The second kappa shape index (κ2) is 4.21. The highest BCUT2D eigenvalue weighted by Gasteiger charge is 2.07. The van der Waals surface area contributed by atoms with Crippen LogP contribution in [0.25, 0.3) is 0 Å². The maximum Gasteiger partial charge on any atom is 0.0467 e. The van der Waals surface area contributed by atoms with E-state index in [2.05, 4.69) is 19.6 Å². The molecule has 0 aromatic carbocycles. The van der Waals surface area contributed by atoms with E-state index >= 15 is 0 Å². The van der Waals surface area contributed by atoms with E-state index in [9.17, 15) is 0 Å². The summed E-state index contributed by atoms with van der Waals surface area (Å²) in [6, 6.07) is 0. The van der Waals surface area contributed by atoms with Gasteiger partial charge in [-0.2, -0.15) is 12.6 Å². The van der Waals surface area contributed by atoms with Crippen molar-refractivity contribution < 1.29 is 5.11 Å². The van der Waals surface area contributed by atoms with Gasteiger partial charge < -0.3 is 5.11 Å². The summed E-state index contributed by atoms with van der Waals surface area (Å²) in [5, 5.41) is 8.95. The maximum atomic E-state index is 8.59. The zero-order valence-electron chi connectivity index (χ0n) is 5.46. The van der Waals surface area contributed by atoms with Crippen molar-refractivity contribution in [3.63, 3.8) is 0 Å². The number of hydrogen-bond acceptors (Lipinski definition) is 2. The van der Waals surface area contributed by atoms with Crippen LogP contribution in [0.15, 0.2) is 0 Å². The Labute approximate surface area is 56.5 Å². The number of aliphatic hydroxyl groups excluding tert-OH is 1. The summed E-state index contributed by atoms with van der Waals surface area (Å²) >= 11 is 4.24. The third-order valence-electron chi connectivity index (χ3n) is 1.36. The Morgan fingerprint density at radius 2 is 2.12 bits per heavy atom. The molecular weight excluding hydrogens is 120 g/mol. The predicted octanol–water partition coefficient (Wildman–Crippen LogP) is 1.32. The second-order valence-electron chi connectivity index (χ2n) is 2.14. The molecule has 0 aromatic rings. The van der Waals surface area contributed by atoms with Gasteiger partial charge in [0.05, 0.1) is 0 Å². The van der Waals surface area contributed by atoms with Gasteiger partial charge in [-0.05, 0) is 12.3 Å². The van der Waals surface area contributed by atoms with Crippen molar-refractivity contribution in [1.29, 1.82) is 0 Å². The summed E-state index contributed by atoms with van der Waals surface area (Å²) in [5.41, 5.74) is 0. The van der Waals surface area contributed by atoms with Gasteiger partial charge in [0.15, 0.2) is 0 Å². The lowest BCUT2D eigenvalue weighted by Gasteiger charge is -2.13. The Morgan fingerprint density at radius 3 is 2.25 bits per heavy atom. The van der Waals surface area contributed by atoms with E-state index in [0.29, 0.717) is 11.2 Å². The van der Waals surface area contributed by atoms with Crippen LogP contribution in [-0.4, -0.2) is 17.0 Å². The molecule has 2 atom stereocenters. The van der Waals surface area contributed by atoms with Crippen molar-refractivity contribution >= 4 is 12.6 Å². The van der Waals surface area contributed by atoms with Crippen LogP contribution in [0, 0.1) is 5.92 Å². The quantitative estimate of drug-likeness (QED) is 0.558. The molecule has 0 unspecified atom stereocenters. The zero-order chi connectivity index (χ0) is 6.57. The Kier molecular flexibility index (Phi) is 4.38. The van der Waals surface area contributed by atoms with Crippen molar-refractivity contribution in [2.24, 2.45) is 5.92 Å². The fraction of sp³-hybridized carbons (Fsp3) is 1.00. The van der Waals surface area contributed by atoms with Crippen LogP contribution in [-0.2, 0) is 0 Å². The normalized spacial score (nSPS) is 18.0. The third kappa shape index (κ3) is 2.58. The molecule has 0 aromatic heterocycles. The third-order valence-corrected chi connectivity index (χ3v) is 2.24. The molecule has 0 saturated heterocycles. The molecule has 2 heteroatoms. The first-order valence-electron chi connectivity index (χ1n) is 3.01. The van der Waals surface area contributed by atoms with Crippen molar-refractivity contribution in [2.75, 3.05) is 6.61 Å². The number of rotatable bonds is 3. The van der Waals surface area contributed by atoms with Gasteiger partial charge >= 0.3 is 0 Å². The molecule has 0 fully saturated rings. The first-order chi connectivity index (χ1) is 3.72. The lowest BCUT2D eigenvalue weighted by atomic mass is 10.1. The lowest BCUT2D eigenvalue weighted by Crippen LogP contribution is -2.13. The van der Waals surface area contributed by atoms with Crippen LogP contribution in [0.5, 0.6) is 0 Å². The molecule has 1 N–H and O–H groups in total. The average Bonchev–Trinajstić information content (AvgIpc) is 1.84. The van der Waals surface area contributed by atoms with E-state index in [4.69, 9.17) is 5.11 Å². The molecule has 0 aliphatic carbocycles. The lowest BCUT2D eigenvalue weighted by molar-refractivity contribution is 0.234. The number of thiol groups is 1. The molecule has 0 amide bonds. The minimum Gasteiger partial charge on any atom is -0.396 e. The Morgan fingerprint density at radius 1 is 1.62 bits per heavy atom. The van der Waals surface area contributed by atoms with Crippen LogP contribution >= 0.6 is 12.6 Å². The van der Waals surface area contributed by atoms with E-state index in [1.165, 1.54) is 0 Å². The largest absolute Gasteiger partial charge is 0.396 e. The fourth-order valence-electron chi connectivity index (χ4n) is 0.524. The zero-order valence-corrected chi connectivity index (χ0v) is 6.36. The van der Waals surface area contributed by atoms with Gasteiger partial charge in [-0.3, -0.25) is 0 Å². The van der Waals surface area contributed by atoms with Crippen LogP contribution in [0.3, 0.4) is 0 Å². The van der Waals surface area contributed by atoms with Crippen LogP contribution in [0.1, 0.15) is 20.3 Å². The van der Waals surface area contributed by atoms with Crippen molar-refractivity contribution in [3.05, 3.63) is 0 Å². The second-order valence-corrected chi connectivity index (χ2v) is 2.80. The fourth-order valence-corrected chi connectivity index (χ4v) is 0.618. The first-order valence-corrected chi connectivity index (χ1v) is 3.53. The van der Waals surface area contributed by atoms with E-state index in [1.54, 1.807) is 0 Å². The Balaban J connectivity index is 3.29. The van der Waals surface area contributed by atoms with Crippen molar-refractivity contribution in [1.82, 2.24) is 0 Å². The van der Waals surface area contributed by atoms with Crippen molar-refractivity contribution in [2.45, 2.75) is 25.5 Å². The summed E-state index contributed by atoms with van der Waals surface area (Å²) in [7, 11) is 0. The molecule has 1 nitrogen and oxygen atoms in total. The van der Waals surface area contributed by atoms with Gasteiger partial charge in [0.25, 0.3) is 0 Å². The smallest absolute Gasteiger partial charge is 0.0467 e. The average molecular weight is 134 g/mol. The standard InChI is InChI=1S/C6H14OS/c1-3-6(8)5(2)4-7/h5-8H,3-4H2,1-2H3/t5-,6-/m1/s1. The number of hydrogen-bond donors (Lipinski definition) is 2. The minimum absolute atomic E-state index is 0.252. The van der Waals surface area contributed by atoms with Gasteiger partial charge in [0.2, 0.25) is 0 Å². The van der Waals surface area contributed by atoms with Gasteiger partial charge in [-0.25, -0.2) is 0 Å². The van der Waals surface area contributed by atoms with Gasteiger partial charge in [-0.1, -0.05) is 13.8 Å². The highest BCUT2D eigenvalue weighted by atomic mass is 32.1. The monoisotopic (exact) mass is 134 g/mol. The Bertz CT molecular complexity index is 48.5. The minimum atomic E-state index is 0.252. The summed E-state index contributed by atoms with van der Waals surface area (Å²) in [5.74, 6) is 0.336. The highest BCUT2D eigenvalue weighted by molar-refractivity contribution is 7.81. The van der Waals surface area contributed by atoms with Crippen LogP contribution < -0.4 is 0 Å². The number of aliphatic hydroxyl groups is 1. The molecule has 50 valence electrons. The van der Waals surface area contributed by atoms with Gasteiger partial charge in [0, 0.05) is 11.9 Å². The SMILES string of the molecule is CC[C@@H](S)[C@H](C)CO. The molecule has 0 radical (unpaired) electrons. The van der Waals surface area contributed by atoms with Crippen LogP contribution in [0.4, 0.5) is 0 Å². The first kappa shape index (κ1) is 8.31. The van der Waals surface area contributed by atoms with Gasteiger partial charge in [-0.15, -0.1) is 0 Å². The molecule has 0 bridgehead atoms. The molecule has 0 heterocycles. The molecule has 0 rings (SSSR count). The summed E-state index contributed by atoms with van der Waals surface area (Å²) < 4.78 is 0. The van der Waals surface area contributed by atoms with E-state index in [0.717, 1.165) is 6.42 Å².